The molecule has 0 radical (unpaired) electrons. The van der Waals surface area contributed by atoms with Crippen molar-refractivity contribution in [3.8, 4) is 45.6 Å². The zero-order valence-electron chi connectivity index (χ0n) is 35.1. The number of aryl methyl sites for hydroxylation is 1. The number of benzene rings is 3. The topological polar surface area (TPSA) is 131 Å². The van der Waals surface area contributed by atoms with Crippen LogP contribution in [-0.4, -0.2) is 43.3 Å². The van der Waals surface area contributed by atoms with Crippen LogP contribution < -0.4 is 10.6 Å². The van der Waals surface area contributed by atoms with Gasteiger partial charge in [-0.3, -0.25) is 25.6 Å². The number of carbonyl (C=O) groups is 2. The third-order valence-corrected chi connectivity index (χ3v) is 9.03. The summed E-state index contributed by atoms with van der Waals surface area (Å²) in [4.78, 5) is 40.2. The van der Waals surface area contributed by atoms with Gasteiger partial charge in [0.15, 0.2) is 0 Å². The van der Waals surface area contributed by atoms with Gasteiger partial charge in [-0.25, -0.2) is 9.59 Å². The van der Waals surface area contributed by atoms with Crippen LogP contribution in [0.4, 0.5) is 21.0 Å². The lowest BCUT2D eigenvalue weighted by Gasteiger charge is -2.20. The molecule has 306 valence electrons. The minimum Gasteiger partial charge on any atom is -0.444 e. The Labute approximate surface area is 365 Å². The van der Waals surface area contributed by atoms with Crippen molar-refractivity contribution in [2.45, 2.75) is 66.6 Å². The second kappa shape index (κ2) is 20.4. The molecule has 7 aromatic rings. The molecule has 60 heavy (non-hydrogen) atoms. The average molecular weight is 913 g/mol. The molecule has 0 aliphatic rings. The molecule has 0 aliphatic carbocycles. The summed E-state index contributed by atoms with van der Waals surface area (Å²) in [5, 5.41) is 6.63. The van der Waals surface area contributed by atoms with E-state index in [2.05, 4.69) is 96.2 Å². The summed E-state index contributed by atoms with van der Waals surface area (Å²) in [6, 6.07) is 38.0. The van der Waals surface area contributed by atoms with E-state index in [9.17, 15) is 9.59 Å². The SMILES string of the molecule is CC#Cc1cc(-c2ccccc2)ncc1NC(=O)OC(C)(C)C.CC(C)(C)OC(=O)Nc1cnc(-c2ccccc2)cc1I.Cc1cc2cc(-c3ccccc3)ncc2[nH]1. The van der Waals surface area contributed by atoms with Crippen molar-refractivity contribution in [3.05, 3.63) is 149 Å². The number of nitrogens with zero attached hydrogens (tertiary/aromatic N) is 3. The van der Waals surface area contributed by atoms with E-state index in [0.717, 1.165) is 42.9 Å². The summed E-state index contributed by atoms with van der Waals surface area (Å²) in [5.41, 5.74) is 8.95. The van der Waals surface area contributed by atoms with Gasteiger partial charge in [0.2, 0.25) is 0 Å². The molecule has 11 heteroatoms. The Bertz CT molecular complexity index is 2590. The maximum atomic E-state index is 11.9. The van der Waals surface area contributed by atoms with Crippen molar-refractivity contribution >= 4 is 57.1 Å². The molecule has 10 nitrogen and oxygen atoms in total. The van der Waals surface area contributed by atoms with Crippen LogP contribution in [0.25, 0.3) is 44.7 Å². The first kappa shape index (κ1) is 44.6. The van der Waals surface area contributed by atoms with Crippen LogP contribution in [0.2, 0.25) is 0 Å². The Morgan fingerprint density at radius 3 is 1.52 bits per heavy atom. The predicted octanol–water partition coefficient (Wildman–Crippen LogP) is 12.7. The molecule has 7 rings (SSSR count). The number of hydrogen-bond acceptors (Lipinski definition) is 7. The van der Waals surface area contributed by atoms with Crippen LogP contribution in [0.3, 0.4) is 0 Å². The Balaban J connectivity index is 0.000000173. The lowest BCUT2D eigenvalue weighted by atomic mass is 10.1. The van der Waals surface area contributed by atoms with Crippen LogP contribution >= 0.6 is 22.6 Å². The molecule has 0 saturated carbocycles. The van der Waals surface area contributed by atoms with E-state index in [4.69, 9.17) is 9.47 Å². The minimum absolute atomic E-state index is 0.477. The van der Waals surface area contributed by atoms with E-state index in [1.54, 1.807) is 19.3 Å². The molecule has 0 bridgehead atoms. The molecule has 3 aromatic carbocycles. The molecular weight excluding hydrogens is 863 g/mol. The van der Waals surface area contributed by atoms with Gasteiger partial charge in [-0.2, -0.15) is 0 Å². The number of anilines is 2. The van der Waals surface area contributed by atoms with E-state index < -0.39 is 23.4 Å². The largest absolute Gasteiger partial charge is 0.444 e. The van der Waals surface area contributed by atoms with Gasteiger partial charge in [-0.15, -0.1) is 5.92 Å². The monoisotopic (exact) mass is 912 g/mol. The van der Waals surface area contributed by atoms with Crippen molar-refractivity contribution in [2.75, 3.05) is 10.6 Å². The predicted molar refractivity (Wildman–Crippen MR) is 251 cm³/mol. The Morgan fingerprint density at radius 1 is 0.617 bits per heavy atom. The fourth-order valence-electron chi connectivity index (χ4n) is 5.62. The molecule has 0 aliphatic heterocycles. The lowest BCUT2D eigenvalue weighted by molar-refractivity contribution is 0.0624. The van der Waals surface area contributed by atoms with Gasteiger partial charge >= 0.3 is 12.2 Å². The zero-order chi connectivity index (χ0) is 43.3. The average Bonchev–Trinajstić information content (AvgIpc) is 3.59. The molecule has 0 saturated heterocycles. The second-order valence-electron chi connectivity index (χ2n) is 15.5. The quantitative estimate of drug-likeness (QED) is 0.116. The maximum absolute atomic E-state index is 11.9. The van der Waals surface area contributed by atoms with E-state index >= 15 is 0 Å². The van der Waals surface area contributed by atoms with Crippen molar-refractivity contribution < 1.29 is 19.1 Å². The second-order valence-corrected chi connectivity index (χ2v) is 16.7. The number of carbonyl (C=O) groups excluding carboxylic acids is 2. The number of ether oxygens (including phenoxy) is 2. The number of fused-ring (bicyclic) bond motifs is 1. The smallest absolute Gasteiger partial charge is 0.412 e. The number of pyridine rings is 3. The number of halogens is 1. The highest BCUT2D eigenvalue weighted by molar-refractivity contribution is 14.1. The first-order chi connectivity index (χ1) is 28.6. The molecule has 0 unspecified atom stereocenters. The van der Waals surface area contributed by atoms with Crippen molar-refractivity contribution in [3.63, 3.8) is 0 Å². The van der Waals surface area contributed by atoms with Gasteiger partial charge in [0, 0.05) is 31.3 Å². The van der Waals surface area contributed by atoms with Gasteiger partial charge in [-0.05, 0) is 102 Å². The number of amides is 2. The fourth-order valence-corrected chi connectivity index (χ4v) is 6.19. The van der Waals surface area contributed by atoms with Gasteiger partial charge in [-0.1, -0.05) is 96.9 Å². The van der Waals surface area contributed by atoms with Gasteiger partial charge in [0.25, 0.3) is 0 Å². The molecule has 0 fully saturated rings. The minimum atomic E-state index is -0.557. The molecule has 0 atom stereocenters. The highest BCUT2D eigenvalue weighted by atomic mass is 127. The van der Waals surface area contributed by atoms with Gasteiger partial charge < -0.3 is 14.5 Å². The van der Waals surface area contributed by atoms with Crippen molar-refractivity contribution in [2.24, 2.45) is 0 Å². The number of H-pyrrole nitrogens is 1. The summed E-state index contributed by atoms with van der Waals surface area (Å²) >= 11 is 2.17. The normalized spacial score (nSPS) is 10.8. The Kier molecular flexibility index (Phi) is 15.2. The molecule has 4 heterocycles. The number of nitrogens with one attached hydrogen (secondary N) is 3. The number of rotatable bonds is 5. The number of aromatic amines is 1. The summed E-state index contributed by atoms with van der Waals surface area (Å²) < 4.78 is 11.4. The first-order valence-corrected chi connectivity index (χ1v) is 20.3. The Morgan fingerprint density at radius 2 is 1.05 bits per heavy atom. The van der Waals surface area contributed by atoms with E-state index in [0.29, 0.717) is 16.9 Å². The standard InChI is InChI=1S/C19H20N2O2.C16H17IN2O2.C14H12N2/c1-5-9-15-12-16(14-10-7-6-8-11-14)20-13-17(15)21-18(22)23-19(2,3)4;1-16(2,3)21-15(20)19-14-10-18-13(9-12(14)17)11-7-5-4-6-8-11;1-10-7-12-8-13(15-9-14(12)16-10)11-5-3-2-4-6-11/h6-8,10-13H,1-4H3,(H,21,22);4-10H,1-3H3,(H,19,20);2-9,16H,1H3. The van der Waals surface area contributed by atoms with Gasteiger partial charge in [0.1, 0.15) is 11.2 Å². The Hall–Kier alpha value is -6.52. The van der Waals surface area contributed by atoms with Crippen molar-refractivity contribution in [1.29, 1.82) is 0 Å². The third kappa shape index (κ3) is 13.8. The summed E-state index contributed by atoms with van der Waals surface area (Å²) in [6.45, 7) is 14.7. The van der Waals surface area contributed by atoms with Crippen LogP contribution in [0, 0.1) is 22.3 Å². The molecule has 2 amide bonds. The van der Waals surface area contributed by atoms with E-state index in [-0.39, 0.29) is 0 Å². The van der Waals surface area contributed by atoms with E-state index in [1.807, 2.05) is 139 Å². The highest BCUT2D eigenvalue weighted by Crippen LogP contribution is 2.26. The van der Waals surface area contributed by atoms with Crippen LogP contribution in [0.5, 0.6) is 0 Å². The van der Waals surface area contributed by atoms with Crippen LogP contribution in [-0.2, 0) is 9.47 Å². The molecule has 4 aromatic heterocycles. The van der Waals surface area contributed by atoms with Gasteiger partial charge in [0.05, 0.1) is 58.1 Å². The molecule has 0 spiro atoms. The summed E-state index contributed by atoms with van der Waals surface area (Å²) in [5.74, 6) is 5.85. The molecular formula is C49H49IN6O4. The van der Waals surface area contributed by atoms with Crippen molar-refractivity contribution in [1.82, 2.24) is 19.9 Å². The summed E-state index contributed by atoms with van der Waals surface area (Å²) in [6.07, 6.45) is 4.14. The third-order valence-electron chi connectivity index (χ3n) is 8.14. The van der Waals surface area contributed by atoms with Crippen LogP contribution in [0.15, 0.2) is 134 Å². The summed E-state index contributed by atoms with van der Waals surface area (Å²) in [7, 11) is 0. The lowest BCUT2D eigenvalue weighted by Crippen LogP contribution is -2.27. The first-order valence-electron chi connectivity index (χ1n) is 19.3. The maximum Gasteiger partial charge on any atom is 0.412 e. The fraction of sp³-hybridized carbons (Fsp3) is 0.204. The van der Waals surface area contributed by atoms with E-state index in [1.165, 1.54) is 11.1 Å². The zero-order valence-corrected chi connectivity index (χ0v) is 37.2. The molecule has 3 N–H and O–H groups in total. The number of aromatic nitrogens is 4. The van der Waals surface area contributed by atoms with Crippen LogP contribution in [0.1, 0.15) is 59.7 Å². The number of hydrogen-bond donors (Lipinski definition) is 3. The highest BCUT2D eigenvalue weighted by Gasteiger charge is 2.19.